The number of thioether (sulfide) groups is 1. The average molecular weight is 323 g/mol. The fraction of sp³-hybridized carbons (Fsp3) is 0.714. The Morgan fingerprint density at radius 1 is 1.19 bits per heavy atom. The monoisotopic (exact) mass is 323 g/mol. The van der Waals surface area contributed by atoms with Gasteiger partial charge < -0.3 is 4.57 Å². The second kappa shape index (κ2) is 6.87. The van der Waals surface area contributed by atoms with Gasteiger partial charge >= 0.3 is 0 Å². The first-order valence-corrected chi connectivity index (χ1v) is 9.40. The predicted octanol–water partition coefficient (Wildman–Crippen LogP) is 3.80. The number of hydrogen-bond acceptors (Lipinski definition) is 6. The molecule has 0 spiro atoms. The Balaban J connectivity index is 1.74. The van der Waals surface area contributed by atoms with Crippen molar-refractivity contribution in [3.63, 3.8) is 0 Å². The molecule has 1 saturated carbocycles. The minimum absolute atomic E-state index is 0.848. The fourth-order valence-electron chi connectivity index (χ4n) is 2.83. The summed E-state index contributed by atoms with van der Waals surface area (Å²) in [5.41, 5.74) is 0.936. The first-order chi connectivity index (χ1) is 10.3. The van der Waals surface area contributed by atoms with Crippen LogP contribution in [0.1, 0.15) is 44.7 Å². The Labute approximate surface area is 133 Å². The summed E-state index contributed by atoms with van der Waals surface area (Å²) in [5.74, 6) is 2.93. The highest BCUT2D eigenvalue weighted by Gasteiger charge is 2.19. The highest BCUT2D eigenvalue weighted by molar-refractivity contribution is 7.99. The highest BCUT2D eigenvalue weighted by atomic mass is 32.2. The summed E-state index contributed by atoms with van der Waals surface area (Å²) in [5, 5.41) is 13.9. The van der Waals surface area contributed by atoms with Crippen molar-refractivity contribution in [3.8, 4) is 10.7 Å². The van der Waals surface area contributed by atoms with Crippen molar-refractivity contribution in [1.29, 1.82) is 0 Å². The topological polar surface area (TPSA) is 56.5 Å². The van der Waals surface area contributed by atoms with Crippen LogP contribution in [0.3, 0.4) is 0 Å². The zero-order chi connectivity index (χ0) is 14.7. The van der Waals surface area contributed by atoms with Gasteiger partial charge in [0.15, 0.2) is 11.0 Å². The lowest BCUT2D eigenvalue weighted by molar-refractivity contribution is 0.390. The third kappa shape index (κ3) is 3.29. The van der Waals surface area contributed by atoms with E-state index < -0.39 is 0 Å². The van der Waals surface area contributed by atoms with Crippen LogP contribution in [-0.2, 0) is 6.54 Å². The standard InChI is InChI=1S/C14H21N5S2/c1-3-19-13(12-10(2)15-18-21-12)16-17-14(19)20-9-11-7-5-4-6-8-11/h11H,3-9H2,1-2H3. The number of rotatable bonds is 5. The zero-order valence-corrected chi connectivity index (χ0v) is 14.2. The summed E-state index contributed by atoms with van der Waals surface area (Å²) in [6, 6.07) is 0. The van der Waals surface area contributed by atoms with E-state index in [1.165, 1.54) is 43.6 Å². The van der Waals surface area contributed by atoms with Crippen molar-refractivity contribution >= 4 is 23.3 Å². The Morgan fingerprint density at radius 3 is 2.67 bits per heavy atom. The van der Waals surface area contributed by atoms with E-state index in [1.54, 1.807) is 0 Å². The molecule has 0 N–H and O–H groups in total. The first kappa shape index (κ1) is 15.0. The van der Waals surface area contributed by atoms with E-state index in [0.717, 1.165) is 39.8 Å². The van der Waals surface area contributed by atoms with Gasteiger partial charge in [0.1, 0.15) is 4.88 Å². The first-order valence-electron chi connectivity index (χ1n) is 7.65. The van der Waals surface area contributed by atoms with Crippen LogP contribution in [0.15, 0.2) is 5.16 Å². The van der Waals surface area contributed by atoms with Gasteiger partial charge in [0.2, 0.25) is 0 Å². The van der Waals surface area contributed by atoms with Gasteiger partial charge in [-0.25, -0.2) is 0 Å². The summed E-state index contributed by atoms with van der Waals surface area (Å²) < 4.78 is 6.20. The maximum Gasteiger partial charge on any atom is 0.191 e. The molecule has 0 unspecified atom stereocenters. The quantitative estimate of drug-likeness (QED) is 0.783. The molecular formula is C14H21N5S2. The number of aryl methyl sites for hydroxylation is 1. The fourth-order valence-corrected chi connectivity index (χ4v) is 4.67. The number of hydrogen-bond donors (Lipinski definition) is 0. The van der Waals surface area contributed by atoms with Crippen LogP contribution < -0.4 is 0 Å². The van der Waals surface area contributed by atoms with Crippen LogP contribution in [0.4, 0.5) is 0 Å². The Kier molecular flexibility index (Phi) is 4.90. The third-order valence-electron chi connectivity index (χ3n) is 4.06. The molecular weight excluding hydrogens is 302 g/mol. The molecule has 5 nitrogen and oxygen atoms in total. The molecule has 1 aliphatic carbocycles. The van der Waals surface area contributed by atoms with E-state index in [4.69, 9.17) is 0 Å². The third-order valence-corrected chi connectivity index (χ3v) is 6.08. The number of nitrogens with zero attached hydrogens (tertiary/aromatic N) is 5. The van der Waals surface area contributed by atoms with E-state index in [0.29, 0.717) is 0 Å². The van der Waals surface area contributed by atoms with Crippen molar-refractivity contribution in [2.75, 3.05) is 5.75 Å². The van der Waals surface area contributed by atoms with E-state index in [2.05, 4.69) is 31.3 Å². The minimum Gasteiger partial charge on any atom is -0.302 e. The second-order valence-corrected chi connectivity index (χ2v) is 7.29. The van der Waals surface area contributed by atoms with Crippen LogP contribution >= 0.6 is 23.3 Å². The SMILES string of the molecule is CCn1c(SCC2CCCCC2)nnc1-c1snnc1C. The molecule has 1 fully saturated rings. The van der Waals surface area contributed by atoms with Gasteiger partial charge in [-0.3, -0.25) is 0 Å². The molecule has 0 aliphatic heterocycles. The van der Waals surface area contributed by atoms with E-state index in [1.807, 2.05) is 18.7 Å². The summed E-state index contributed by atoms with van der Waals surface area (Å²) in [6.07, 6.45) is 6.94. The second-order valence-electron chi connectivity index (χ2n) is 5.55. The van der Waals surface area contributed by atoms with Crippen molar-refractivity contribution in [2.24, 2.45) is 5.92 Å². The van der Waals surface area contributed by atoms with Gasteiger partial charge in [-0.1, -0.05) is 35.5 Å². The Morgan fingerprint density at radius 2 is 2.00 bits per heavy atom. The van der Waals surface area contributed by atoms with Crippen molar-refractivity contribution in [2.45, 2.75) is 57.7 Å². The molecule has 0 aromatic carbocycles. The van der Waals surface area contributed by atoms with Crippen LogP contribution in [0.2, 0.25) is 0 Å². The number of aromatic nitrogens is 5. The lowest BCUT2D eigenvalue weighted by Crippen LogP contribution is -2.09. The van der Waals surface area contributed by atoms with Gasteiger partial charge in [-0.2, -0.15) is 0 Å². The molecule has 2 aromatic heterocycles. The van der Waals surface area contributed by atoms with Crippen LogP contribution in [0, 0.1) is 12.8 Å². The Hall–Kier alpha value is -0.950. The van der Waals surface area contributed by atoms with Gasteiger partial charge in [0.05, 0.1) is 5.69 Å². The highest BCUT2D eigenvalue weighted by Crippen LogP contribution is 2.32. The molecule has 2 heterocycles. The van der Waals surface area contributed by atoms with Crippen LogP contribution in [-0.4, -0.2) is 30.1 Å². The largest absolute Gasteiger partial charge is 0.302 e. The van der Waals surface area contributed by atoms with E-state index in [9.17, 15) is 0 Å². The molecule has 0 radical (unpaired) electrons. The van der Waals surface area contributed by atoms with Crippen molar-refractivity contribution in [1.82, 2.24) is 24.4 Å². The lowest BCUT2D eigenvalue weighted by Gasteiger charge is -2.20. The van der Waals surface area contributed by atoms with E-state index >= 15 is 0 Å². The minimum atomic E-state index is 0.848. The molecule has 2 aromatic rings. The van der Waals surface area contributed by atoms with Crippen LogP contribution in [0.5, 0.6) is 0 Å². The summed E-state index contributed by atoms with van der Waals surface area (Å²) in [6.45, 7) is 5.00. The van der Waals surface area contributed by atoms with Crippen molar-refractivity contribution in [3.05, 3.63) is 5.69 Å². The van der Waals surface area contributed by atoms with E-state index in [-0.39, 0.29) is 0 Å². The van der Waals surface area contributed by atoms with Gasteiger partial charge in [0, 0.05) is 12.3 Å². The zero-order valence-electron chi connectivity index (χ0n) is 12.6. The average Bonchev–Trinajstić information content (AvgIpc) is 3.11. The Bertz CT molecular complexity index is 586. The van der Waals surface area contributed by atoms with Gasteiger partial charge in [0.25, 0.3) is 0 Å². The summed E-state index contributed by atoms with van der Waals surface area (Å²) in [7, 11) is 0. The lowest BCUT2D eigenvalue weighted by atomic mass is 9.91. The van der Waals surface area contributed by atoms with Gasteiger partial charge in [-0.05, 0) is 44.1 Å². The maximum absolute atomic E-state index is 4.40. The van der Waals surface area contributed by atoms with Crippen molar-refractivity contribution < 1.29 is 0 Å². The smallest absolute Gasteiger partial charge is 0.191 e. The summed E-state index contributed by atoms with van der Waals surface area (Å²) in [4.78, 5) is 1.04. The molecule has 114 valence electrons. The maximum atomic E-state index is 4.40. The molecule has 21 heavy (non-hydrogen) atoms. The molecule has 7 heteroatoms. The molecule has 1 aliphatic rings. The predicted molar refractivity (Wildman–Crippen MR) is 86.6 cm³/mol. The molecule has 0 amide bonds. The molecule has 3 rings (SSSR count). The molecule has 0 atom stereocenters. The normalized spacial score (nSPS) is 16.5. The molecule has 0 bridgehead atoms. The molecule has 0 saturated heterocycles. The van der Waals surface area contributed by atoms with Crippen LogP contribution in [0.25, 0.3) is 10.7 Å². The summed E-state index contributed by atoms with van der Waals surface area (Å²) >= 11 is 3.25. The van der Waals surface area contributed by atoms with Gasteiger partial charge in [-0.15, -0.1) is 15.3 Å².